The van der Waals surface area contributed by atoms with Gasteiger partial charge in [-0.15, -0.1) is 11.6 Å². The van der Waals surface area contributed by atoms with Crippen LogP contribution in [0.1, 0.15) is 10.4 Å². The molecular weight excluding hydrogens is 264 g/mol. The predicted octanol–water partition coefficient (Wildman–Crippen LogP) is 2.04. The standard InChI is InChI=1S/C12H12ClF2NO2/c13-6-9-7-18-4-3-16(9)12(17)10-5-8(14)1-2-11(10)15/h1-2,5,9H,3-4,6-7H2. The lowest BCUT2D eigenvalue weighted by Crippen LogP contribution is -2.49. The highest BCUT2D eigenvalue weighted by Crippen LogP contribution is 2.17. The van der Waals surface area contributed by atoms with Crippen molar-refractivity contribution in [2.75, 3.05) is 25.6 Å². The Morgan fingerprint density at radius 3 is 3.00 bits per heavy atom. The zero-order valence-electron chi connectivity index (χ0n) is 9.54. The van der Waals surface area contributed by atoms with Crippen molar-refractivity contribution in [1.82, 2.24) is 4.90 Å². The number of rotatable bonds is 2. The number of benzene rings is 1. The molecule has 1 aromatic rings. The molecule has 0 aromatic heterocycles. The van der Waals surface area contributed by atoms with Crippen LogP contribution in [-0.2, 0) is 4.74 Å². The molecule has 3 nitrogen and oxygen atoms in total. The Balaban J connectivity index is 2.26. The van der Waals surface area contributed by atoms with E-state index in [1.165, 1.54) is 4.90 Å². The first-order valence-corrected chi connectivity index (χ1v) is 6.06. The second kappa shape index (κ2) is 5.63. The summed E-state index contributed by atoms with van der Waals surface area (Å²) in [5.41, 5.74) is -0.271. The molecule has 0 aliphatic carbocycles. The minimum atomic E-state index is -0.735. The lowest BCUT2D eigenvalue weighted by atomic mass is 10.1. The molecule has 98 valence electrons. The van der Waals surface area contributed by atoms with Crippen LogP contribution in [0, 0.1) is 11.6 Å². The zero-order valence-corrected chi connectivity index (χ0v) is 10.3. The van der Waals surface area contributed by atoms with Gasteiger partial charge >= 0.3 is 0 Å². The molecule has 0 N–H and O–H groups in total. The van der Waals surface area contributed by atoms with E-state index in [2.05, 4.69) is 0 Å². The van der Waals surface area contributed by atoms with E-state index in [9.17, 15) is 13.6 Å². The number of hydrogen-bond donors (Lipinski definition) is 0. The summed E-state index contributed by atoms with van der Waals surface area (Å²) in [4.78, 5) is 13.6. The van der Waals surface area contributed by atoms with E-state index in [-0.39, 0.29) is 17.5 Å². The quantitative estimate of drug-likeness (QED) is 0.773. The van der Waals surface area contributed by atoms with Gasteiger partial charge in [-0.2, -0.15) is 0 Å². The molecule has 1 unspecified atom stereocenters. The van der Waals surface area contributed by atoms with Crippen molar-refractivity contribution in [3.63, 3.8) is 0 Å². The summed E-state index contributed by atoms with van der Waals surface area (Å²) in [5.74, 6) is -1.74. The molecule has 1 amide bonds. The molecule has 0 saturated carbocycles. The molecule has 6 heteroatoms. The summed E-state index contributed by atoms with van der Waals surface area (Å²) in [7, 11) is 0. The van der Waals surface area contributed by atoms with Gasteiger partial charge in [0.2, 0.25) is 0 Å². The van der Waals surface area contributed by atoms with E-state index in [1.54, 1.807) is 0 Å². The van der Waals surface area contributed by atoms with Crippen LogP contribution in [0.3, 0.4) is 0 Å². The fraction of sp³-hybridized carbons (Fsp3) is 0.417. The molecule has 1 heterocycles. The third kappa shape index (κ3) is 2.62. The fourth-order valence-electron chi connectivity index (χ4n) is 1.87. The number of halogens is 3. The highest BCUT2D eigenvalue weighted by molar-refractivity contribution is 6.18. The first kappa shape index (κ1) is 13.2. The molecule has 18 heavy (non-hydrogen) atoms. The monoisotopic (exact) mass is 275 g/mol. The van der Waals surface area contributed by atoms with Crippen molar-refractivity contribution < 1.29 is 18.3 Å². The maximum atomic E-state index is 13.5. The summed E-state index contributed by atoms with van der Waals surface area (Å²) in [6, 6.07) is 2.51. The van der Waals surface area contributed by atoms with Crippen LogP contribution < -0.4 is 0 Å². The Bertz CT molecular complexity index is 456. The third-order valence-electron chi connectivity index (χ3n) is 2.83. The number of morpholine rings is 1. The minimum Gasteiger partial charge on any atom is -0.377 e. The van der Waals surface area contributed by atoms with Crippen LogP contribution >= 0.6 is 11.6 Å². The van der Waals surface area contributed by atoms with E-state index in [0.717, 1.165) is 18.2 Å². The predicted molar refractivity (Wildman–Crippen MR) is 62.7 cm³/mol. The molecule has 0 radical (unpaired) electrons. The minimum absolute atomic E-state index is 0.197. The number of carbonyl (C=O) groups is 1. The first-order chi connectivity index (χ1) is 8.63. The van der Waals surface area contributed by atoms with Crippen LogP contribution in [0.5, 0.6) is 0 Å². The molecule has 1 aromatic carbocycles. The van der Waals surface area contributed by atoms with Crippen LogP contribution in [0.25, 0.3) is 0 Å². The van der Waals surface area contributed by atoms with Gasteiger partial charge in [0, 0.05) is 12.4 Å². The van der Waals surface area contributed by atoms with Gasteiger partial charge in [0.1, 0.15) is 11.6 Å². The van der Waals surface area contributed by atoms with Gasteiger partial charge < -0.3 is 9.64 Å². The van der Waals surface area contributed by atoms with Crippen molar-refractivity contribution in [3.8, 4) is 0 Å². The number of hydrogen-bond acceptors (Lipinski definition) is 2. The molecule has 1 fully saturated rings. The van der Waals surface area contributed by atoms with E-state index in [4.69, 9.17) is 16.3 Å². The zero-order chi connectivity index (χ0) is 13.1. The van der Waals surface area contributed by atoms with Gasteiger partial charge in [0.25, 0.3) is 5.91 Å². The van der Waals surface area contributed by atoms with Crippen LogP contribution in [0.4, 0.5) is 8.78 Å². The molecular formula is C12H12ClF2NO2. The van der Waals surface area contributed by atoms with Crippen LogP contribution in [-0.4, -0.2) is 42.5 Å². The summed E-state index contributed by atoms with van der Waals surface area (Å²) in [6.45, 7) is 1.01. The lowest BCUT2D eigenvalue weighted by Gasteiger charge is -2.34. The maximum Gasteiger partial charge on any atom is 0.257 e. The molecule has 1 atom stereocenters. The van der Waals surface area contributed by atoms with Crippen LogP contribution in [0.2, 0.25) is 0 Å². The first-order valence-electron chi connectivity index (χ1n) is 5.53. The largest absolute Gasteiger partial charge is 0.377 e. The van der Waals surface area contributed by atoms with Crippen molar-refractivity contribution in [3.05, 3.63) is 35.4 Å². The highest BCUT2D eigenvalue weighted by Gasteiger charge is 2.29. The van der Waals surface area contributed by atoms with Crippen LogP contribution in [0.15, 0.2) is 18.2 Å². The average molecular weight is 276 g/mol. The number of ether oxygens (including phenoxy) is 1. The summed E-state index contributed by atoms with van der Waals surface area (Å²) in [6.07, 6.45) is 0. The Kier molecular flexibility index (Phi) is 4.14. The van der Waals surface area contributed by atoms with Gasteiger partial charge in [-0.1, -0.05) is 0 Å². The third-order valence-corrected chi connectivity index (χ3v) is 3.18. The molecule has 2 rings (SSSR count). The maximum absolute atomic E-state index is 13.5. The summed E-state index contributed by atoms with van der Waals surface area (Å²) < 4.78 is 31.8. The molecule has 0 bridgehead atoms. The number of carbonyl (C=O) groups excluding carboxylic acids is 1. The van der Waals surface area contributed by atoms with Gasteiger partial charge in [-0.25, -0.2) is 8.78 Å². The van der Waals surface area contributed by atoms with E-state index in [1.807, 2.05) is 0 Å². The smallest absolute Gasteiger partial charge is 0.257 e. The molecule has 0 spiro atoms. The Morgan fingerprint density at radius 1 is 1.50 bits per heavy atom. The van der Waals surface area contributed by atoms with E-state index >= 15 is 0 Å². The van der Waals surface area contributed by atoms with Gasteiger partial charge in [0.15, 0.2) is 0 Å². The van der Waals surface area contributed by atoms with Gasteiger partial charge in [0.05, 0.1) is 24.8 Å². The van der Waals surface area contributed by atoms with Gasteiger partial charge in [-0.3, -0.25) is 4.79 Å². The molecule has 1 saturated heterocycles. The van der Waals surface area contributed by atoms with Crippen molar-refractivity contribution >= 4 is 17.5 Å². The number of amides is 1. The number of nitrogens with zero attached hydrogens (tertiary/aromatic N) is 1. The lowest BCUT2D eigenvalue weighted by molar-refractivity contribution is 0.00429. The summed E-state index contributed by atoms with van der Waals surface area (Å²) in [5, 5.41) is 0. The topological polar surface area (TPSA) is 29.5 Å². The average Bonchev–Trinajstić information content (AvgIpc) is 2.40. The van der Waals surface area contributed by atoms with Crippen molar-refractivity contribution in [2.24, 2.45) is 0 Å². The SMILES string of the molecule is O=C(c1cc(F)ccc1F)N1CCOCC1CCl. The second-order valence-electron chi connectivity index (χ2n) is 4.01. The van der Waals surface area contributed by atoms with Gasteiger partial charge in [-0.05, 0) is 18.2 Å². The Morgan fingerprint density at radius 2 is 2.28 bits per heavy atom. The normalized spacial score (nSPS) is 19.9. The summed E-state index contributed by atoms with van der Waals surface area (Å²) >= 11 is 5.74. The number of alkyl halides is 1. The molecule has 1 aliphatic heterocycles. The van der Waals surface area contributed by atoms with Crippen molar-refractivity contribution in [1.29, 1.82) is 0 Å². The van der Waals surface area contributed by atoms with E-state index in [0.29, 0.717) is 19.8 Å². The highest BCUT2D eigenvalue weighted by atomic mass is 35.5. The Labute approximate surface area is 108 Å². The second-order valence-corrected chi connectivity index (χ2v) is 4.31. The Hall–Kier alpha value is -1.20. The fourth-order valence-corrected chi connectivity index (χ4v) is 2.12. The molecule has 1 aliphatic rings. The van der Waals surface area contributed by atoms with E-state index < -0.39 is 17.5 Å². The van der Waals surface area contributed by atoms with Crippen molar-refractivity contribution in [2.45, 2.75) is 6.04 Å².